The van der Waals surface area contributed by atoms with E-state index < -0.39 is 16.1 Å². The van der Waals surface area contributed by atoms with Crippen LogP contribution in [0, 0.1) is 11.5 Å². The molecule has 0 spiro atoms. The van der Waals surface area contributed by atoms with E-state index in [1.807, 2.05) is 0 Å². The first-order valence-electron chi connectivity index (χ1n) is 7.53. The molecule has 0 N–H and O–H groups in total. The van der Waals surface area contributed by atoms with E-state index in [-0.39, 0.29) is 6.10 Å². The van der Waals surface area contributed by atoms with E-state index in [4.69, 9.17) is 4.74 Å². The third kappa shape index (κ3) is 6.12. The fourth-order valence-corrected chi connectivity index (χ4v) is 6.84. The topological polar surface area (TPSA) is 9.23 Å². The summed E-state index contributed by atoms with van der Waals surface area (Å²) in [5.74, 6) is 3.18. The van der Waals surface area contributed by atoms with Gasteiger partial charge < -0.3 is 4.74 Å². The molecule has 0 aromatic rings. The van der Waals surface area contributed by atoms with Crippen molar-refractivity contribution in [2.75, 3.05) is 6.61 Å². The summed E-state index contributed by atoms with van der Waals surface area (Å²) in [6, 6.07) is 3.81. The van der Waals surface area contributed by atoms with Crippen molar-refractivity contribution in [3.63, 3.8) is 0 Å². The summed E-state index contributed by atoms with van der Waals surface area (Å²) in [6.07, 6.45) is 0.155. The van der Waals surface area contributed by atoms with Gasteiger partial charge in [0.1, 0.15) is 14.7 Å². The highest BCUT2D eigenvalue weighted by atomic mass is 28.3. The third-order valence-electron chi connectivity index (χ3n) is 4.07. The lowest BCUT2D eigenvalue weighted by Gasteiger charge is -2.33. The van der Waals surface area contributed by atoms with Gasteiger partial charge in [0, 0.05) is 0 Å². The normalized spacial score (nSPS) is 13.6. The van der Waals surface area contributed by atoms with E-state index in [0.717, 1.165) is 0 Å². The Morgan fingerprint density at radius 2 is 1.58 bits per heavy atom. The van der Waals surface area contributed by atoms with E-state index >= 15 is 0 Å². The standard InChI is InChI=1S/C16H32OSi2/c1-9-19(10-2,11-3)16(5)15(4)17-13-12-14-18(6,7)8/h15H,5,9-11,13H2,1-4,6-8H3. The Morgan fingerprint density at radius 1 is 1.11 bits per heavy atom. The first kappa shape index (κ1) is 18.7. The molecular weight excluding hydrogens is 264 g/mol. The Balaban J connectivity index is 4.53. The molecule has 0 amide bonds. The molecule has 0 aliphatic rings. The van der Waals surface area contributed by atoms with E-state index in [1.165, 1.54) is 23.3 Å². The molecule has 1 unspecified atom stereocenters. The quantitative estimate of drug-likeness (QED) is 0.481. The predicted octanol–water partition coefficient (Wildman–Crippen LogP) is 4.88. The van der Waals surface area contributed by atoms with Gasteiger partial charge in [0.2, 0.25) is 0 Å². The molecule has 1 atom stereocenters. The van der Waals surface area contributed by atoms with Crippen LogP contribution in [-0.2, 0) is 4.74 Å². The van der Waals surface area contributed by atoms with Crippen LogP contribution in [0.3, 0.4) is 0 Å². The summed E-state index contributed by atoms with van der Waals surface area (Å²) >= 11 is 0. The third-order valence-corrected chi connectivity index (χ3v) is 10.8. The summed E-state index contributed by atoms with van der Waals surface area (Å²) in [6.45, 7) is 20.7. The molecule has 0 bridgehead atoms. The zero-order valence-electron chi connectivity index (χ0n) is 14.0. The van der Waals surface area contributed by atoms with Gasteiger partial charge in [0.25, 0.3) is 0 Å². The molecule has 0 aliphatic heterocycles. The molecule has 0 aromatic carbocycles. The van der Waals surface area contributed by atoms with Crippen LogP contribution < -0.4 is 0 Å². The van der Waals surface area contributed by atoms with Gasteiger partial charge in [0.15, 0.2) is 0 Å². The van der Waals surface area contributed by atoms with Gasteiger partial charge in [-0.05, 0) is 6.92 Å². The lowest BCUT2D eigenvalue weighted by molar-refractivity contribution is 0.123. The highest BCUT2D eigenvalue weighted by Gasteiger charge is 2.32. The summed E-state index contributed by atoms with van der Waals surface area (Å²) in [7, 11) is -2.61. The number of hydrogen-bond acceptors (Lipinski definition) is 1. The largest absolute Gasteiger partial charge is 0.362 e. The summed E-state index contributed by atoms with van der Waals surface area (Å²) in [5.41, 5.74) is 3.34. The van der Waals surface area contributed by atoms with Crippen LogP contribution in [0.5, 0.6) is 0 Å². The van der Waals surface area contributed by atoms with Crippen molar-refractivity contribution in [1.82, 2.24) is 0 Å². The van der Waals surface area contributed by atoms with Crippen molar-refractivity contribution < 1.29 is 4.74 Å². The van der Waals surface area contributed by atoms with Gasteiger partial charge in [-0.1, -0.05) is 69.7 Å². The molecular formula is C16H32OSi2. The molecule has 19 heavy (non-hydrogen) atoms. The number of hydrogen-bond donors (Lipinski definition) is 0. The van der Waals surface area contributed by atoms with Crippen molar-refractivity contribution in [3.8, 4) is 11.5 Å². The Morgan fingerprint density at radius 3 is 1.95 bits per heavy atom. The van der Waals surface area contributed by atoms with E-state index in [1.54, 1.807) is 0 Å². The van der Waals surface area contributed by atoms with Crippen LogP contribution in [0.4, 0.5) is 0 Å². The maximum Gasteiger partial charge on any atom is 0.129 e. The van der Waals surface area contributed by atoms with Crippen molar-refractivity contribution in [3.05, 3.63) is 11.8 Å². The maximum absolute atomic E-state index is 5.89. The Hall–Kier alpha value is -0.306. The lowest BCUT2D eigenvalue weighted by Crippen LogP contribution is -2.39. The zero-order valence-corrected chi connectivity index (χ0v) is 16.0. The highest BCUT2D eigenvalue weighted by molar-refractivity contribution is 6.86. The molecule has 1 nitrogen and oxygen atoms in total. The minimum absolute atomic E-state index is 0.155. The molecule has 110 valence electrons. The second-order valence-corrected chi connectivity index (χ2v) is 16.4. The monoisotopic (exact) mass is 296 g/mol. The molecule has 0 heterocycles. The minimum Gasteiger partial charge on any atom is -0.362 e. The fourth-order valence-electron chi connectivity index (χ4n) is 2.43. The van der Waals surface area contributed by atoms with Crippen molar-refractivity contribution in [2.24, 2.45) is 0 Å². The van der Waals surface area contributed by atoms with Gasteiger partial charge >= 0.3 is 0 Å². The van der Waals surface area contributed by atoms with Crippen molar-refractivity contribution in [2.45, 2.75) is 71.6 Å². The van der Waals surface area contributed by atoms with E-state index in [0.29, 0.717) is 6.61 Å². The average Bonchev–Trinajstić information content (AvgIpc) is 2.36. The van der Waals surface area contributed by atoms with Gasteiger partial charge in [0.05, 0.1) is 14.2 Å². The first-order chi connectivity index (χ1) is 8.72. The van der Waals surface area contributed by atoms with Crippen LogP contribution >= 0.6 is 0 Å². The fraction of sp³-hybridized carbons (Fsp3) is 0.750. The van der Waals surface area contributed by atoms with Crippen LogP contribution in [0.25, 0.3) is 0 Å². The van der Waals surface area contributed by atoms with Crippen LogP contribution in [-0.4, -0.2) is 28.9 Å². The number of ether oxygens (including phenoxy) is 1. The van der Waals surface area contributed by atoms with E-state index in [9.17, 15) is 0 Å². The maximum atomic E-state index is 5.89. The molecule has 0 aromatic heterocycles. The molecule has 0 radical (unpaired) electrons. The van der Waals surface area contributed by atoms with Crippen LogP contribution in [0.2, 0.25) is 37.8 Å². The summed E-state index contributed by atoms with van der Waals surface area (Å²) in [4.78, 5) is 0. The van der Waals surface area contributed by atoms with Crippen molar-refractivity contribution >= 4 is 16.1 Å². The summed E-state index contributed by atoms with van der Waals surface area (Å²) < 4.78 is 5.89. The van der Waals surface area contributed by atoms with Crippen LogP contribution in [0.1, 0.15) is 27.7 Å². The van der Waals surface area contributed by atoms with Gasteiger partial charge in [-0.25, -0.2) is 0 Å². The molecule has 3 heteroatoms. The van der Waals surface area contributed by atoms with Gasteiger partial charge in [-0.3, -0.25) is 0 Å². The molecule has 0 fully saturated rings. The lowest BCUT2D eigenvalue weighted by atomic mass is 10.4. The zero-order chi connectivity index (χ0) is 15.1. The Labute approximate surface area is 122 Å². The van der Waals surface area contributed by atoms with Gasteiger partial charge in [-0.15, -0.1) is 12.1 Å². The molecule has 0 rings (SSSR count). The summed E-state index contributed by atoms with van der Waals surface area (Å²) in [5, 5.41) is 1.37. The van der Waals surface area contributed by atoms with E-state index in [2.05, 4.69) is 65.4 Å². The first-order valence-corrected chi connectivity index (χ1v) is 13.7. The number of rotatable bonds is 7. The van der Waals surface area contributed by atoms with Gasteiger partial charge in [-0.2, -0.15) is 0 Å². The second-order valence-electron chi connectivity index (χ2n) is 6.37. The highest BCUT2D eigenvalue weighted by Crippen LogP contribution is 2.30. The minimum atomic E-state index is -1.34. The second kappa shape index (κ2) is 8.09. The smallest absolute Gasteiger partial charge is 0.129 e. The van der Waals surface area contributed by atoms with Crippen molar-refractivity contribution in [1.29, 1.82) is 0 Å². The van der Waals surface area contributed by atoms with Crippen LogP contribution in [0.15, 0.2) is 11.8 Å². The molecule has 0 saturated carbocycles. The Bertz CT molecular complexity index is 332. The Kier molecular flexibility index (Phi) is 7.96. The average molecular weight is 297 g/mol. The SMILES string of the molecule is C=C(C(C)OCC#C[Si](C)(C)C)[Si](CC)(CC)CC. The molecule has 0 aliphatic carbocycles. The predicted molar refractivity (Wildman–Crippen MR) is 92.9 cm³/mol. The molecule has 0 saturated heterocycles.